The molecule has 0 spiro atoms. The van der Waals surface area contributed by atoms with Crippen molar-refractivity contribution >= 4 is 17.6 Å². The summed E-state index contributed by atoms with van der Waals surface area (Å²) in [6, 6.07) is 7.02. The summed E-state index contributed by atoms with van der Waals surface area (Å²) in [6.45, 7) is 1.63. The van der Waals surface area contributed by atoms with Crippen molar-refractivity contribution in [2.24, 2.45) is 5.92 Å². The summed E-state index contributed by atoms with van der Waals surface area (Å²) in [5.41, 5.74) is 1.35. The summed E-state index contributed by atoms with van der Waals surface area (Å²) in [7, 11) is 0. The Morgan fingerprint density at radius 2 is 2.25 bits per heavy atom. The largest absolute Gasteiger partial charge is 0.481 e. The van der Waals surface area contributed by atoms with Gasteiger partial charge in [0, 0.05) is 12.1 Å². The predicted molar refractivity (Wildman–Crippen MR) is 77.6 cm³/mol. The Morgan fingerprint density at radius 1 is 1.45 bits per heavy atom. The zero-order chi connectivity index (χ0) is 14.5. The van der Waals surface area contributed by atoms with Gasteiger partial charge in [0.15, 0.2) is 0 Å². The molecule has 1 aromatic rings. The lowest BCUT2D eigenvalue weighted by atomic mass is 10.0. The third-order valence-corrected chi connectivity index (χ3v) is 3.60. The molecule has 0 aromatic heterocycles. The molecule has 106 valence electrons. The van der Waals surface area contributed by atoms with E-state index in [9.17, 15) is 9.59 Å². The zero-order valence-corrected chi connectivity index (χ0v) is 11.5. The quantitative estimate of drug-likeness (QED) is 0.810. The molecule has 1 aromatic carbocycles. The SMILES string of the molecule is C[C@@H](C(=O)O)c1cccc(NC(=O)C[C@H]2C=CCC2)c1. The fraction of sp³-hybridized carbons (Fsp3) is 0.375. The van der Waals surface area contributed by atoms with Crippen molar-refractivity contribution in [3.8, 4) is 0 Å². The standard InChI is InChI=1S/C16H19NO3/c1-11(16(19)20)13-7-4-8-14(10-13)17-15(18)9-12-5-2-3-6-12/h2,4-5,7-8,10-12H,3,6,9H2,1H3,(H,17,18)(H,19,20)/t11-,12+/m1/s1. The summed E-state index contributed by atoms with van der Waals surface area (Å²) in [5, 5.41) is 11.8. The van der Waals surface area contributed by atoms with Crippen molar-refractivity contribution < 1.29 is 14.7 Å². The van der Waals surface area contributed by atoms with Crippen LogP contribution in [0.4, 0.5) is 5.69 Å². The number of carboxylic acids is 1. The maximum atomic E-state index is 11.9. The lowest BCUT2D eigenvalue weighted by molar-refractivity contribution is -0.138. The number of allylic oxidation sites excluding steroid dienone is 2. The highest BCUT2D eigenvalue weighted by Gasteiger charge is 2.16. The van der Waals surface area contributed by atoms with Crippen molar-refractivity contribution in [1.29, 1.82) is 0 Å². The average molecular weight is 273 g/mol. The molecule has 0 radical (unpaired) electrons. The third-order valence-electron chi connectivity index (χ3n) is 3.60. The number of anilines is 1. The van der Waals surface area contributed by atoms with Gasteiger partial charge in [-0.05, 0) is 43.4 Å². The van der Waals surface area contributed by atoms with E-state index in [4.69, 9.17) is 5.11 Å². The molecule has 2 rings (SSSR count). The number of hydrogen-bond acceptors (Lipinski definition) is 2. The van der Waals surface area contributed by atoms with Crippen molar-refractivity contribution in [2.75, 3.05) is 5.32 Å². The first-order valence-corrected chi connectivity index (χ1v) is 6.85. The van der Waals surface area contributed by atoms with E-state index in [1.165, 1.54) is 0 Å². The van der Waals surface area contributed by atoms with Crippen LogP contribution in [-0.4, -0.2) is 17.0 Å². The normalized spacial score (nSPS) is 18.8. The van der Waals surface area contributed by atoms with Gasteiger partial charge < -0.3 is 10.4 Å². The van der Waals surface area contributed by atoms with Crippen LogP contribution in [0.25, 0.3) is 0 Å². The molecule has 1 aliphatic carbocycles. The van der Waals surface area contributed by atoms with Crippen LogP contribution in [0.1, 0.15) is 37.7 Å². The van der Waals surface area contributed by atoms with E-state index in [1.807, 2.05) is 0 Å². The molecular formula is C16H19NO3. The maximum Gasteiger partial charge on any atom is 0.310 e. The molecule has 2 atom stereocenters. The van der Waals surface area contributed by atoms with Crippen LogP contribution in [0.15, 0.2) is 36.4 Å². The van der Waals surface area contributed by atoms with Crippen molar-refractivity contribution in [3.63, 3.8) is 0 Å². The number of nitrogens with one attached hydrogen (secondary N) is 1. The molecule has 4 nitrogen and oxygen atoms in total. The molecule has 0 aliphatic heterocycles. The van der Waals surface area contributed by atoms with E-state index in [2.05, 4.69) is 17.5 Å². The first-order valence-electron chi connectivity index (χ1n) is 6.85. The van der Waals surface area contributed by atoms with Gasteiger partial charge in [-0.25, -0.2) is 0 Å². The average Bonchev–Trinajstić information content (AvgIpc) is 2.90. The number of rotatable bonds is 5. The first-order chi connectivity index (χ1) is 9.56. The Morgan fingerprint density at radius 3 is 2.90 bits per heavy atom. The van der Waals surface area contributed by atoms with Crippen LogP contribution in [0.3, 0.4) is 0 Å². The van der Waals surface area contributed by atoms with Gasteiger partial charge in [0.1, 0.15) is 0 Å². The predicted octanol–water partition coefficient (Wildman–Crippen LogP) is 3.17. The van der Waals surface area contributed by atoms with Crippen molar-refractivity contribution in [3.05, 3.63) is 42.0 Å². The first kappa shape index (κ1) is 14.3. The number of aliphatic carboxylic acids is 1. The van der Waals surface area contributed by atoms with Gasteiger partial charge in [-0.1, -0.05) is 24.3 Å². The van der Waals surface area contributed by atoms with Gasteiger partial charge in [-0.2, -0.15) is 0 Å². The topological polar surface area (TPSA) is 66.4 Å². The minimum absolute atomic E-state index is 0.0262. The Labute approximate surface area is 118 Å². The van der Waals surface area contributed by atoms with Crippen LogP contribution in [0.5, 0.6) is 0 Å². The Hall–Kier alpha value is -2.10. The molecule has 20 heavy (non-hydrogen) atoms. The second-order valence-corrected chi connectivity index (χ2v) is 5.20. The Balaban J connectivity index is 1.98. The van der Waals surface area contributed by atoms with Crippen LogP contribution in [-0.2, 0) is 9.59 Å². The van der Waals surface area contributed by atoms with Crippen molar-refractivity contribution in [2.45, 2.75) is 32.1 Å². The summed E-state index contributed by atoms with van der Waals surface area (Å²) in [4.78, 5) is 22.9. The number of benzene rings is 1. The summed E-state index contributed by atoms with van der Waals surface area (Å²) in [6.07, 6.45) is 6.75. The molecule has 0 fully saturated rings. The van der Waals surface area contributed by atoms with E-state index >= 15 is 0 Å². The zero-order valence-electron chi connectivity index (χ0n) is 11.5. The van der Waals surface area contributed by atoms with E-state index in [-0.39, 0.29) is 5.91 Å². The number of amides is 1. The van der Waals surface area contributed by atoms with Crippen LogP contribution >= 0.6 is 0 Å². The smallest absolute Gasteiger partial charge is 0.310 e. The lowest BCUT2D eigenvalue weighted by Crippen LogP contribution is -2.15. The van der Waals surface area contributed by atoms with Crippen LogP contribution in [0.2, 0.25) is 0 Å². The number of carbonyl (C=O) groups is 2. The molecule has 2 N–H and O–H groups in total. The minimum atomic E-state index is -0.871. The molecule has 1 amide bonds. The molecule has 0 heterocycles. The van der Waals surface area contributed by atoms with Gasteiger partial charge >= 0.3 is 5.97 Å². The highest BCUT2D eigenvalue weighted by atomic mass is 16.4. The second kappa shape index (κ2) is 6.37. The van der Waals surface area contributed by atoms with Gasteiger partial charge in [0.25, 0.3) is 0 Å². The van der Waals surface area contributed by atoms with Gasteiger partial charge in [-0.3, -0.25) is 9.59 Å². The molecule has 1 aliphatic rings. The summed E-state index contributed by atoms with van der Waals surface area (Å²) < 4.78 is 0. The van der Waals surface area contributed by atoms with Crippen molar-refractivity contribution in [1.82, 2.24) is 0 Å². The Bertz CT molecular complexity index is 536. The second-order valence-electron chi connectivity index (χ2n) is 5.20. The van der Waals surface area contributed by atoms with Crippen LogP contribution in [0, 0.1) is 5.92 Å². The monoisotopic (exact) mass is 273 g/mol. The Kier molecular flexibility index (Phi) is 4.56. The van der Waals surface area contributed by atoms with E-state index in [0.717, 1.165) is 12.8 Å². The van der Waals surface area contributed by atoms with Gasteiger partial charge in [0.2, 0.25) is 5.91 Å². The molecule has 0 saturated heterocycles. The fourth-order valence-electron chi connectivity index (χ4n) is 2.34. The van der Waals surface area contributed by atoms with Crippen LogP contribution < -0.4 is 5.32 Å². The maximum absolute atomic E-state index is 11.9. The molecule has 0 saturated carbocycles. The highest BCUT2D eigenvalue weighted by Crippen LogP contribution is 2.22. The fourth-order valence-corrected chi connectivity index (χ4v) is 2.34. The third kappa shape index (κ3) is 3.70. The molecular weight excluding hydrogens is 254 g/mol. The lowest BCUT2D eigenvalue weighted by Gasteiger charge is -2.11. The summed E-state index contributed by atoms with van der Waals surface area (Å²) >= 11 is 0. The molecule has 0 bridgehead atoms. The molecule has 0 unspecified atom stereocenters. The minimum Gasteiger partial charge on any atom is -0.481 e. The number of carbonyl (C=O) groups excluding carboxylic acids is 1. The van der Waals surface area contributed by atoms with E-state index < -0.39 is 11.9 Å². The van der Waals surface area contributed by atoms with Gasteiger partial charge in [0.05, 0.1) is 5.92 Å². The molecule has 4 heteroatoms. The summed E-state index contributed by atoms with van der Waals surface area (Å²) in [5.74, 6) is -1.15. The highest BCUT2D eigenvalue weighted by molar-refractivity contribution is 5.91. The van der Waals surface area contributed by atoms with E-state index in [0.29, 0.717) is 23.6 Å². The number of hydrogen-bond donors (Lipinski definition) is 2. The number of carboxylic acid groups (broad SMARTS) is 1. The van der Waals surface area contributed by atoms with Gasteiger partial charge in [-0.15, -0.1) is 0 Å². The van der Waals surface area contributed by atoms with E-state index in [1.54, 1.807) is 31.2 Å².